The lowest BCUT2D eigenvalue weighted by Gasteiger charge is -2.35. The molecule has 1 fully saturated rings. The van der Waals surface area contributed by atoms with Gasteiger partial charge in [0.2, 0.25) is 0 Å². The highest BCUT2D eigenvalue weighted by Crippen LogP contribution is 2.07. The molecule has 0 saturated carbocycles. The molecule has 0 aromatic carbocycles. The fourth-order valence-corrected chi connectivity index (χ4v) is 2.12. The van der Waals surface area contributed by atoms with Crippen molar-refractivity contribution < 1.29 is 4.74 Å². The zero-order valence-electron chi connectivity index (χ0n) is 10.6. The van der Waals surface area contributed by atoms with E-state index < -0.39 is 0 Å². The lowest BCUT2D eigenvalue weighted by molar-refractivity contribution is 0.0135. The number of hydrogen-bond acceptors (Lipinski definition) is 4. The molecule has 2 atom stereocenters. The molecule has 0 radical (unpaired) electrons. The van der Waals surface area contributed by atoms with Gasteiger partial charge < -0.3 is 15.0 Å². The molecule has 1 aliphatic heterocycles. The Morgan fingerprint density at radius 1 is 1.47 bits per heavy atom. The summed E-state index contributed by atoms with van der Waals surface area (Å²) in [4.78, 5) is 9.79. The summed E-state index contributed by atoms with van der Waals surface area (Å²) in [6, 6.07) is 0.965. The van der Waals surface area contributed by atoms with Gasteiger partial charge in [0.25, 0.3) is 0 Å². The minimum absolute atomic E-state index is 0.443. The number of nitrogens with zero attached hydrogens (tertiary/aromatic N) is 2. The molecule has 5 heteroatoms. The Labute approximate surface area is 103 Å². The highest BCUT2D eigenvalue weighted by Gasteiger charge is 2.21. The van der Waals surface area contributed by atoms with Crippen LogP contribution in [-0.4, -0.2) is 53.3 Å². The summed E-state index contributed by atoms with van der Waals surface area (Å²) >= 11 is 0. The Balaban J connectivity index is 1.76. The van der Waals surface area contributed by atoms with Gasteiger partial charge in [0.1, 0.15) is 5.82 Å². The summed E-state index contributed by atoms with van der Waals surface area (Å²) in [5, 5.41) is 3.51. The summed E-state index contributed by atoms with van der Waals surface area (Å²) in [6.45, 7) is 9.07. The Hall–Kier alpha value is -0.910. The average molecular weight is 238 g/mol. The van der Waals surface area contributed by atoms with Crippen molar-refractivity contribution in [2.75, 3.05) is 26.3 Å². The average Bonchev–Trinajstić information content (AvgIpc) is 2.89. The lowest BCUT2D eigenvalue weighted by atomic mass is 10.1. The van der Waals surface area contributed by atoms with Crippen molar-refractivity contribution in [3.63, 3.8) is 0 Å². The van der Waals surface area contributed by atoms with Crippen LogP contribution in [0.2, 0.25) is 0 Å². The van der Waals surface area contributed by atoms with E-state index >= 15 is 0 Å². The lowest BCUT2D eigenvalue weighted by Crippen LogP contribution is -2.50. The highest BCUT2D eigenvalue weighted by atomic mass is 16.5. The minimum Gasteiger partial charge on any atom is -0.379 e. The molecule has 1 aromatic rings. The van der Waals surface area contributed by atoms with Crippen molar-refractivity contribution in [2.24, 2.45) is 0 Å². The molecule has 2 unspecified atom stereocenters. The van der Waals surface area contributed by atoms with Gasteiger partial charge in [0.15, 0.2) is 0 Å². The second-order valence-electron chi connectivity index (χ2n) is 4.59. The van der Waals surface area contributed by atoms with Gasteiger partial charge in [-0.15, -0.1) is 0 Å². The van der Waals surface area contributed by atoms with Crippen LogP contribution >= 0.6 is 0 Å². The molecule has 2 rings (SSSR count). The van der Waals surface area contributed by atoms with E-state index in [0.717, 1.165) is 38.7 Å². The van der Waals surface area contributed by atoms with E-state index in [4.69, 9.17) is 4.74 Å². The molecule has 2 heterocycles. The number of H-pyrrole nitrogens is 1. The standard InChI is InChI=1S/C12H22N4O/c1-10(15-9-12-13-3-4-14-12)11(2)16-5-7-17-8-6-16/h3-4,10-11,15H,5-9H2,1-2H3,(H,13,14). The minimum atomic E-state index is 0.443. The number of hydrogen-bond donors (Lipinski definition) is 2. The van der Waals surface area contributed by atoms with Crippen molar-refractivity contribution >= 4 is 0 Å². The topological polar surface area (TPSA) is 53.2 Å². The van der Waals surface area contributed by atoms with Gasteiger partial charge in [-0.25, -0.2) is 4.98 Å². The van der Waals surface area contributed by atoms with Crippen LogP contribution in [0.5, 0.6) is 0 Å². The smallest absolute Gasteiger partial charge is 0.120 e. The van der Waals surface area contributed by atoms with Gasteiger partial charge in [0, 0.05) is 37.6 Å². The molecule has 0 bridgehead atoms. The first-order valence-corrected chi connectivity index (χ1v) is 6.31. The first kappa shape index (κ1) is 12.5. The van der Waals surface area contributed by atoms with Gasteiger partial charge in [-0.3, -0.25) is 4.90 Å². The maximum Gasteiger partial charge on any atom is 0.120 e. The van der Waals surface area contributed by atoms with Crippen LogP contribution in [0.15, 0.2) is 12.4 Å². The maximum absolute atomic E-state index is 5.37. The Bertz CT molecular complexity index is 308. The molecular formula is C12H22N4O. The van der Waals surface area contributed by atoms with Gasteiger partial charge in [0.05, 0.1) is 19.8 Å². The van der Waals surface area contributed by atoms with Crippen molar-refractivity contribution in [1.82, 2.24) is 20.2 Å². The molecule has 0 spiro atoms. The number of morpholine rings is 1. The van der Waals surface area contributed by atoms with E-state index in [1.54, 1.807) is 6.20 Å². The van der Waals surface area contributed by atoms with Crippen molar-refractivity contribution in [3.05, 3.63) is 18.2 Å². The van der Waals surface area contributed by atoms with Crippen LogP contribution in [0.1, 0.15) is 19.7 Å². The largest absolute Gasteiger partial charge is 0.379 e. The van der Waals surface area contributed by atoms with E-state index in [9.17, 15) is 0 Å². The van der Waals surface area contributed by atoms with E-state index in [1.807, 2.05) is 6.20 Å². The van der Waals surface area contributed by atoms with Crippen LogP contribution in [0.3, 0.4) is 0 Å². The third-order valence-electron chi connectivity index (χ3n) is 3.49. The van der Waals surface area contributed by atoms with Crippen molar-refractivity contribution in [2.45, 2.75) is 32.5 Å². The molecule has 1 aliphatic rings. The zero-order valence-corrected chi connectivity index (χ0v) is 10.6. The van der Waals surface area contributed by atoms with Crippen LogP contribution in [-0.2, 0) is 11.3 Å². The molecular weight excluding hydrogens is 216 g/mol. The summed E-state index contributed by atoms with van der Waals surface area (Å²) in [6.07, 6.45) is 3.64. The number of aromatic nitrogens is 2. The predicted molar refractivity (Wildman–Crippen MR) is 66.7 cm³/mol. The highest BCUT2D eigenvalue weighted by molar-refractivity contribution is 4.88. The second kappa shape index (κ2) is 6.14. The number of rotatable bonds is 5. The molecule has 0 amide bonds. The van der Waals surface area contributed by atoms with Gasteiger partial charge in [-0.1, -0.05) is 0 Å². The normalized spacial score (nSPS) is 21.3. The molecule has 96 valence electrons. The Morgan fingerprint density at radius 3 is 2.88 bits per heavy atom. The Morgan fingerprint density at radius 2 is 2.24 bits per heavy atom. The molecule has 17 heavy (non-hydrogen) atoms. The molecule has 1 aromatic heterocycles. The van der Waals surface area contributed by atoms with Crippen molar-refractivity contribution in [1.29, 1.82) is 0 Å². The predicted octanol–water partition coefficient (Wildman–Crippen LogP) is 0.608. The summed E-state index contributed by atoms with van der Waals surface area (Å²) in [5.74, 6) is 0.992. The van der Waals surface area contributed by atoms with Crippen LogP contribution < -0.4 is 5.32 Å². The van der Waals surface area contributed by atoms with Crippen LogP contribution in [0.4, 0.5) is 0 Å². The van der Waals surface area contributed by atoms with Crippen LogP contribution in [0, 0.1) is 0 Å². The van der Waals surface area contributed by atoms with Gasteiger partial charge >= 0.3 is 0 Å². The SMILES string of the molecule is CC(NCc1ncc[nH]1)C(C)N1CCOCC1. The van der Waals surface area contributed by atoms with E-state index in [2.05, 4.69) is 34.0 Å². The van der Waals surface area contributed by atoms with E-state index in [1.165, 1.54) is 0 Å². The quantitative estimate of drug-likeness (QED) is 0.789. The molecule has 1 saturated heterocycles. The van der Waals surface area contributed by atoms with Crippen LogP contribution in [0.25, 0.3) is 0 Å². The molecule has 0 aliphatic carbocycles. The summed E-state index contributed by atoms with van der Waals surface area (Å²) in [7, 11) is 0. The second-order valence-corrected chi connectivity index (χ2v) is 4.59. The fourth-order valence-electron chi connectivity index (χ4n) is 2.12. The molecule has 2 N–H and O–H groups in total. The third kappa shape index (κ3) is 3.52. The number of aromatic amines is 1. The Kier molecular flexibility index (Phi) is 4.53. The first-order valence-electron chi connectivity index (χ1n) is 6.31. The monoisotopic (exact) mass is 238 g/mol. The number of ether oxygens (including phenoxy) is 1. The number of imidazole rings is 1. The first-order chi connectivity index (χ1) is 8.27. The van der Waals surface area contributed by atoms with Gasteiger partial charge in [-0.2, -0.15) is 0 Å². The van der Waals surface area contributed by atoms with Gasteiger partial charge in [-0.05, 0) is 13.8 Å². The summed E-state index contributed by atoms with van der Waals surface area (Å²) in [5.41, 5.74) is 0. The number of nitrogens with one attached hydrogen (secondary N) is 2. The maximum atomic E-state index is 5.37. The zero-order chi connectivity index (χ0) is 12.1. The van der Waals surface area contributed by atoms with E-state index in [0.29, 0.717) is 12.1 Å². The summed E-state index contributed by atoms with van der Waals surface area (Å²) < 4.78 is 5.37. The molecule has 5 nitrogen and oxygen atoms in total. The van der Waals surface area contributed by atoms with Crippen molar-refractivity contribution in [3.8, 4) is 0 Å². The van der Waals surface area contributed by atoms with E-state index in [-0.39, 0.29) is 0 Å². The fraction of sp³-hybridized carbons (Fsp3) is 0.750. The third-order valence-corrected chi connectivity index (χ3v) is 3.49.